The Morgan fingerprint density at radius 2 is 1.81 bits per heavy atom. The number of nitrogen functional groups attached to an aromatic ring is 1. The van der Waals surface area contributed by atoms with E-state index >= 15 is 0 Å². The van der Waals surface area contributed by atoms with Crippen molar-refractivity contribution in [1.82, 2.24) is 15.3 Å². The largest absolute Gasteiger partial charge is 0.370 e. The SMILES string of the molecule is Cc1c(Cl)cccc1-c1cc(NCCc2ccc(CC(=O)NC(C)C)cc2)nc(N)n1. The highest BCUT2D eigenvalue weighted by atomic mass is 35.5. The fourth-order valence-corrected chi connectivity index (χ4v) is 3.47. The molecular formula is C24H28ClN5O. The Hall–Kier alpha value is -3.12. The maximum atomic E-state index is 11.9. The van der Waals surface area contributed by atoms with Crippen LogP contribution in [0.1, 0.15) is 30.5 Å². The summed E-state index contributed by atoms with van der Waals surface area (Å²) >= 11 is 6.24. The Bertz CT molecular complexity index is 1050. The standard InChI is InChI=1S/C24H28ClN5O/c1-15(2)28-23(31)13-18-9-7-17(8-10-18)11-12-27-22-14-21(29-24(26)30-22)19-5-4-6-20(25)16(19)3/h4-10,14-15H,11-13H2,1-3H3,(H,28,31)(H3,26,27,29,30). The Morgan fingerprint density at radius 1 is 1.10 bits per heavy atom. The molecule has 0 atom stereocenters. The van der Waals surface area contributed by atoms with E-state index < -0.39 is 0 Å². The molecule has 7 heteroatoms. The number of carbonyl (C=O) groups is 1. The van der Waals surface area contributed by atoms with Crippen LogP contribution in [0.2, 0.25) is 5.02 Å². The van der Waals surface area contributed by atoms with E-state index in [1.807, 2.05) is 57.2 Å². The molecule has 3 aromatic rings. The Balaban J connectivity index is 1.60. The molecule has 0 fully saturated rings. The van der Waals surface area contributed by atoms with Gasteiger partial charge in [-0.15, -0.1) is 0 Å². The molecule has 0 unspecified atom stereocenters. The van der Waals surface area contributed by atoms with Gasteiger partial charge in [0, 0.05) is 29.2 Å². The lowest BCUT2D eigenvalue weighted by molar-refractivity contribution is -0.120. The van der Waals surface area contributed by atoms with Crippen LogP contribution < -0.4 is 16.4 Å². The van der Waals surface area contributed by atoms with E-state index in [4.69, 9.17) is 17.3 Å². The van der Waals surface area contributed by atoms with Gasteiger partial charge in [-0.3, -0.25) is 4.79 Å². The monoisotopic (exact) mass is 437 g/mol. The van der Waals surface area contributed by atoms with Gasteiger partial charge in [0.2, 0.25) is 11.9 Å². The third-order valence-electron chi connectivity index (χ3n) is 4.84. The second-order valence-electron chi connectivity index (χ2n) is 7.80. The predicted molar refractivity (Wildman–Crippen MR) is 127 cm³/mol. The molecule has 0 radical (unpaired) electrons. The second-order valence-corrected chi connectivity index (χ2v) is 8.21. The minimum atomic E-state index is 0.0384. The van der Waals surface area contributed by atoms with Crippen LogP contribution >= 0.6 is 11.6 Å². The van der Waals surface area contributed by atoms with Gasteiger partial charge in [-0.05, 0) is 49.9 Å². The summed E-state index contributed by atoms with van der Waals surface area (Å²) in [4.78, 5) is 20.5. The number of aromatic nitrogens is 2. The summed E-state index contributed by atoms with van der Waals surface area (Å²) in [5, 5.41) is 6.91. The third-order valence-corrected chi connectivity index (χ3v) is 5.25. The number of halogens is 1. The van der Waals surface area contributed by atoms with Gasteiger partial charge in [-0.25, -0.2) is 4.98 Å². The number of nitrogens with two attached hydrogens (primary N) is 1. The number of nitrogens with one attached hydrogen (secondary N) is 2. The first-order valence-corrected chi connectivity index (χ1v) is 10.7. The van der Waals surface area contributed by atoms with Crippen LogP contribution in [-0.4, -0.2) is 28.5 Å². The zero-order chi connectivity index (χ0) is 22.4. The molecule has 0 aliphatic carbocycles. The first-order chi connectivity index (χ1) is 14.8. The van der Waals surface area contributed by atoms with Crippen LogP contribution in [-0.2, 0) is 17.6 Å². The van der Waals surface area contributed by atoms with Crippen LogP contribution in [0.25, 0.3) is 11.3 Å². The normalized spacial score (nSPS) is 10.9. The van der Waals surface area contributed by atoms with Gasteiger partial charge in [0.15, 0.2) is 0 Å². The number of nitrogens with zero attached hydrogens (tertiary/aromatic N) is 2. The van der Waals surface area contributed by atoms with Gasteiger partial charge in [-0.2, -0.15) is 4.98 Å². The molecule has 4 N–H and O–H groups in total. The van der Waals surface area contributed by atoms with Crippen LogP contribution in [0, 0.1) is 6.92 Å². The molecule has 0 spiro atoms. The van der Waals surface area contributed by atoms with Crippen LogP contribution in [0.15, 0.2) is 48.5 Å². The van der Waals surface area contributed by atoms with Gasteiger partial charge < -0.3 is 16.4 Å². The molecular weight excluding hydrogens is 410 g/mol. The summed E-state index contributed by atoms with van der Waals surface area (Å²) in [5.74, 6) is 0.920. The van der Waals surface area contributed by atoms with E-state index in [2.05, 4.69) is 32.7 Å². The molecule has 1 aromatic heterocycles. The number of anilines is 2. The van der Waals surface area contributed by atoms with E-state index in [1.165, 1.54) is 5.56 Å². The minimum absolute atomic E-state index is 0.0384. The number of carbonyl (C=O) groups excluding carboxylic acids is 1. The molecule has 1 amide bonds. The fraction of sp³-hybridized carbons (Fsp3) is 0.292. The molecule has 0 saturated carbocycles. The lowest BCUT2D eigenvalue weighted by Gasteiger charge is -2.11. The number of hydrogen-bond acceptors (Lipinski definition) is 5. The molecule has 3 rings (SSSR count). The number of rotatable bonds is 8. The van der Waals surface area contributed by atoms with Gasteiger partial charge >= 0.3 is 0 Å². The van der Waals surface area contributed by atoms with Gasteiger partial charge in [0.05, 0.1) is 12.1 Å². The first-order valence-electron chi connectivity index (χ1n) is 10.3. The Kier molecular flexibility index (Phi) is 7.47. The van der Waals surface area contributed by atoms with Gasteiger partial charge in [-0.1, -0.05) is 48.0 Å². The molecule has 1 heterocycles. The van der Waals surface area contributed by atoms with Crippen molar-refractivity contribution in [3.63, 3.8) is 0 Å². The molecule has 0 saturated heterocycles. The molecule has 162 valence electrons. The van der Waals surface area contributed by atoms with Crippen LogP contribution in [0.5, 0.6) is 0 Å². The van der Waals surface area contributed by atoms with Crippen LogP contribution in [0.4, 0.5) is 11.8 Å². The maximum absolute atomic E-state index is 11.9. The van der Waals surface area contributed by atoms with Crippen molar-refractivity contribution in [3.8, 4) is 11.3 Å². The van der Waals surface area contributed by atoms with Gasteiger partial charge in [0.25, 0.3) is 0 Å². The second kappa shape index (κ2) is 10.3. The summed E-state index contributed by atoms with van der Waals surface area (Å²) in [5.41, 5.74) is 10.7. The Morgan fingerprint density at radius 3 is 2.52 bits per heavy atom. The summed E-state index contributed by atoms with van der Waals surface area (Å²) in [6, 6.07) is 15.8. The summed E-state index contributed by atoms with van der Waals surface area (Å²) < 4.78 is 0. The van der Waals surface area contributed by atoms with E-state index in [0.717, 1.165) is 28.8 Å². The molecule has 2 aromatic carbocycles. The fourth-order valence-electron chi connectivity index (χ4n) is 3.30. The van der Waals surface area contributed by atoms with E-state index in [0.29, 0.717) is 23.8 Å². The number of benzene rings is 2. The van der Waals surface area contributed by atoms with Crippen molar-refractivity contribution in [1.29, 1.82) is 0 Å². The summed E-state index contributed by atoms with van der Waals surface area (Å²) in [7, 11) is 0. The summed E-state index contributed by atoms with van der Waals surface area (Å²) in [6.07, 6.45) is 1.20. The lowest BCUT2D eigenvalue weighted by Crippen LogP contribution is -2.31. The maximum Gasteiger partial charge on any atom is 0.224 e. The smallest absolute Gasteiger partial charge is 0.224 e. The minimum Gasteiger partial charge on any atom is -0.370 e. The van der Waals surface area contributed by atoms with E-state index in [1.54, 1.807) is 0 Å². The van der Waals surface area contributed by atoms with Crippen molar-refractivity contribution >= 4 is 29.3 Å². The van der Waals surface area contributed by atoms with Crippen molar-refractivity contribution < 1.29 is 4.79 Å². The zero-order valence-corrected chi connectivity index (χ0v) is 18.8. The molecule has 6 nitrogen and oxygen atoms in total. The zero-order valence-electron chi connectivity index (χ0n) is 18.1. The quantitative estimate of drug-likeness (QED) is 0.485. The lowest BCUT2D eigenvalue weighted by atomic mass is 10.1. The van der Waals surface area contributed by atoms with Crippen molar-refractivity contribution in [3.05, 3.63) is 70.2 Å². The first kappa shape index (κ1) is 22.6. The highest BCUT2D eigenvalue weighted by Crippen LogP contribution is 2.28. The summed E-state index contributed by atoms with van der Waals surface area (Å²) in [6.45, 7) is 6.56. The predicted octanol–water partition coefficient (Wildman–Crippen LogP) is 4.41. The third kappa shape index (κ3) is 6.43. The van der Waals surface area contributed by atoms with Crippen molar-refractivity contribution in [2.45, 2.75) is 39.7 Å². The Labute approximate surface area is 188 Å². The van der Waals surface area contributed by atoms with Gasteiger partial charge in [0.1, 0.15) is 5.82 Å². The number of amides is 1. The van der Waals surface area contributed by atoms with Crippen molar-refractivity contribution in [2.24, 2.45) is 0 Å². The highest BCUT2D eigenvalue weighted by molar-refractivity contribution is 6.31. The average Bonchev–Trinajstić information content (AvgIpc) is 2.70. The van der Waals surface area contributed by atoms with Crippen LogP contribution in [0.3, 0.4) is 0 Å². The molecule has 0 aliphatic rings. The average molecular weight is 438 g/mol. The number of hydrogen-bond donors (Lipinski definition) is 3. The molecule has 31 heavy (non-hydrogen) atoms. The molecule has 0 bridgehead atoms. The highest BCUT2D eigenvalue weighted by Gasteiger charge is 2.10. The topological polar surface area (TPSA) is 92.9 Å². The van der Waals surface area contributed by atoms with E-state index in [-0.39, 0.29) is 17.9 Å². The van der Waals surface area contributed by atoms with E-state index in [9.17, 15) is 4.79 Å². The van der Waals surface area contributed by atoms with Crippen molar-refractivity contribution in [2.75, 3.05) is 17.6 Å². The molecule has 0 aliphatic heterocycles.